The summed E-state index contributed by atoms with van der Waals surface area (Å²) in [6, 6.07) is 0.328. The lowest BCUT2D eigenvalue weighted by Crippen LogP contribution is -2.47. The lowest BCUT2D eigenvalue weighted by atomic mass is 10.2. The molecule has 5 heteroatoms. The molecule has 1 aliphatic carbocycles. The Hall–Kier alpha value is -1.10. The van der Waals surface area contributed by atoms with Crippen molar-refractivity contribution in [1.29, 1.82) is 0 Å². The lowest BCUT2D eigenvalue weighted by molar-refractivity contribution is -0.135. The molecule has 1 atom stereocenters. The monoisotopic (exact) mass is 295 g/mol. The van der Waals surface area contributed by atoms with Gasteiger partial charge in [0.15, 0.2) is 0 Å². The summed E-state index contributed by atoms with van der Waals surface area (Å²) >= 11 is 0. The van der Waals surface area contributed by atoms with Gasteiger partial charge < -0.3 is 10.2 Å². The summed E-state index contributed by atoms with van der Waals surface area (Å²) in [4.78, 5) is 28.1. The smallest absolute Gasteiger partial charge is 0.239 e. The summed E-state index contributed by atoms with van der Waals surface area (Å²) in [7, 11) is 1.81. The second kappa shape index (κ2) is 7.78. The van der Waals surface area contributed by atoms with E-state index in [2.05, 4.69) is 10.2 Å². The zero-order valence-electron chi connectivity index (χ0n) is 13.4. The molecule has 2 fully saturated rings. The van der Waals surface area contributed by atoms with Gasteiger partial charge in [-0.15, -0.1) is 0 Å². The fourth-order valence-electron chi connectivity index (χ4n) is 2.86. The molecule has 1 unspecified atom stereocenters. The third-order valence-electron chi connectivity index (χ3n) is 4.54. The quantitative estimate of drug-likeness (QED) is 0.805. The third-order valence-corrected chi connectivity index (χ3v) is 4.54. The number of carbonyl (C=O) groups is 2. The zero-order valence-corrected chi connectivity index (χ0v) is 13.4. The van der Waals surface area contributed by atoms with E-state index in [0.29, 0.717) is 19.0 Å². The first kappa shape index (κ1) is 16.3. The summed E-state index contributed by atoms with van der Waals surface area (Å²) in [5, 5.41) is 2.96. The topological polar surface area (TPSA) is 52.7 Å². The van der Waals surface area contributed by atoms with Gasteiger partial charge in [0, 0.05) is 26.1 Å². The van der Waals surface area contributed by atoms with E-state index >= 15 is 0 Å². The van der Waals surface area contributed by atoms with E-state index in [4.69, 9.17) is 0 Å². The molecule has 1 heterocycles. The Labute approximate surface area is 128 Å². The molecule has 5 nitrogen and oxygen atoms in total. The van der Waals surface area contributed by atoms with Gasteiger partial charge in [0.1, 0.15) is 0 Å². The van der Waals surface area contributed by atoms with Gasteiger partial charge in [-0.05, 0) is 45.7 Å². The van der Waals surface area contributed by atoms with E-state index in [1.165, 1.54) is 25.7 Å². The standard InChI is InChI=1S/C16H29N3O2/c1-13(19-10-5-3-4-6-11-19)16(21)18(2)12-9-15(20)17-14-7-8-14/h13-14H,3-12H2,1-2H3,(H,17,20). The lowest BCUT2D eigenvalue weighted by Gasteiger charge is -2.30. The molecule has 1 aliphatic heterocycles. The van der Waals surface area contributed by atoms with E-state index in [-0.39, 0.29) is 17.9 Å². The van der Waals surface area contributed by atoms with Crippen LogP contribution >= 0.6 is 0 Å². The SMILES string of the molecule is CC(C(=O)N(C)CCC(=O)NC1CC1)N1CCCCCC1. The largest absolute Gasteiger partial charge is 0.353 e. The molecule has 0 aromatic heterocycles. The fourth-order valence-corrected chi connectivity index (χ4v) is 2.86. The Kier molecular flexibility index (Phi) is 6.03. The minimum absolute atomic E-state index is 0.0691. The Balaban J connectivity index is 1.72. The third kappa shape index (κ3) is 5.30. The zero-order chi connectivity index (χ0) is 15.2. The second-order valence-electron chi connectivity index (χ2n) is 6.48. The number of rotatable bonds is 6. The van der Waals surface area contributed by atoms with Crippen LogP contribution in [0.3, 0.4) is 0 Å². The van der Waals surface area contributed by atoms with Crippen LogP contribution in [-0.2, 0) is 9.59 Å². The van der Waals surface area contributed by atoms with Crippen LogP contribution in [0.1, 0.15) is 51.9 Å². The van der Waals surface area contributed by atoms with Crippen molar-refractivity contribution in [3.8, 4) is 0 Å². The second-order valence-corrected chi connectivity index (χ2v) is 6.48. The average molecular weight is 295 g/mol. The van der Waals surface area contributed by atoms with Crippen molar-refractivity contribution in [1.82, 2.24) is 15.1 Å². The van der Waals surface area contributed by atoms with Crippen molar-refractivity contribution in [3.05, 3.63) is 0 Å². The summed E-state index contributed by atoms with van der Waals surface area (Å²) in [6.07, 6.45) is 7.53. The van der Waals surface area contributed by atoms with E-state index in [1.54, 1.807) is 11.9 Å². The van der Waals surface area contributed by atoms with Gasteiger partial charge >= 0.3 is 0 Å². The molecule has 2 aliphatic rings. The maximum Gasteiger partial charge on any atom is 0.239 e. The van der Waals surface area contributed by atoms with E-state index in [1.807, 2.05) is 6.92 Å². The van der Waals surface area contributed by atoms with Crippen LogP contribution in [-0.4, -0.2) is 60.4 Å². The van der Waals surface area contributed by atoms with Gasteiger partial charge in [-0.3, -0.25) is 14.5 Å². The van der Waals surface area contributed by atoms with Gasteiger partial charge in [0.05, 0.1) is 6.04 Å². The van der Waals surface area contributed by atoms with Crippen molar-refractivity contribution in [3.63, 3.8) is 0 Å². The fraction of sp³-hybridized carbons (Fsp3) is 0.875. The number of nitrogens with one attached hydrogen (secondary N) is 1. The summed E-state index contributed by atoms with van der Waals surface area (Å²) in [5.41, 5.74) is 0. The molecule has 2 amide bonds. The molecule has 0 bridgehead atoms. The number of carbonyl (C=O) groups excluding carboxylic acids is 2. The molecule has 0 aromatic carbocycles. The van der Waals surface area contributed by atoms with E-state index in [0.717, 1.165) is 25.9 Å². The minimum atomic E-state index is -0.0698. The van der Waals surface area contributed by atoms with Crippen LogP contribution in [0.5, 0.6) is 0 Å². The van der Waals surface area contributed by atoms with Gasteiger partial charge in [-0.1, -0.05) is 12.8 Å². The first-order chi connectivity index (χ1) is 10.1. The Morgan fingerprint density at radius 2 is 1.81 bits per heavy atom. The van der Waals surface area contributed by atoms with Crippen molar-refractivity contribution >= 4 is 11.8 Å². The minimum Gasteiger partial charge on any atom is -0.353 e. The number of nitrogens with zero attached hydrogens (tertiary/aromatic N) is 2. The Morgan fingerprint density at radius 3 is 2.38 bits per heavy atom. The summed E-state index contributed by atoms with van der Waals surface area (Å²) < 4.78 is 0. The van der Waals surface area contributed by atoms with Crippen LogP contribution in [0.2, 0.25) is 0 Å². The molecular weight excluding hydrogens is 266 g/mol. The van der Waals surface area contributed by atoms with Crippen molar-refractivity contribution < 1.29 is 9.59 Å². The Bertz CT molecular complexity index is 361. The summed E-state index contributed by atoms with van der Waals surface area (Å²) in [6.45, 7) is 4.54. The molecule has 1 saturated heterocycles. The van der Waals surface area contributed by atoms with Gasteiger partial charge in [0.2, 0.25) is 11.8 Å². The van der Waals surface area contributed by atoms with Gasteiger partial charge in [-0.2, -0.15) is 0 Å². The van der Waals surface area contributed by atoms with Crippen molar-refractivity contribution in [2.45, 2.75) is 64.0 Å². The molecule has 1 N–H and O–H groups in total. The number of hydrogen-bond acceptors (Lipinski definition) is 3. The van der Waals surface area contributed by atoms with E-state index in [9.17, 15) is 9.59 Å². The van der Waals surface area contributed by atoms with E-state index < -0.39 is 0 Å². The molecule has 21 heavy (non-hydrogen) atoms. The Morgan fingerprint density at radius 1 is 1.19 bits per heavy atom. The van der Waals surface area contributed by atoms with Crippen LogP contribution in [0.4, 0.5) is 0 Å². The molecule has 0 radical (unpaired) electrons. The van der Waals surface area contributed by atoms with Crippen molar-refractivity contribution in [2.75, 3.05) is 26.7 Å². The highest BCUT2D eigenvalue weighted by molar-refractivity contribution is 5.82. The molecule has 0 aromatic rings. The van der Waals surface area contributed by atoms with Crippen LogP contribution in [0.15, 0.2) is 0 Å². The predicted molar refractivity (Wildman–Crippen MR) is 82.9 cm³/mol. The number of hydrogen-bond donors (Lipinski definition) is 1. The predicted octanol–water partition coefficient (Wildman–Crippen LogP) is 1.38. The van der Waals surface area contributed by atoms with Crippen LogP contribution in [0.25, 0.3) is 0 Å². The number of amides is 2. The van der Waals surface area contributed by atoms with Crippen LogP contribution in [0, 0.1) is 0 Å². The highest BCUT2D eigenvalue weighted by atomic mass is 16.2. The maximum atomic E-state index is 12.5. The van der Waals surface area contributed by atoms with Gasteiger partial charge in [0.25, 0.3) is 0 Å². The first-order valence-electron chi connectivity index (χ1n) is 8.36. The highest BCUT2D eigenvalue weighted by Crippen LogP contribution is 2.18. The average Bonchev–Trinajstić information content (AvgIpc) is 3.29. The molecule has 120 valence electrons. The normalized spacial score (nSPS) is 21.4. The summed E-state index contributed by atoms with van der Waals surface area (Å²) in [5.74, 6) is 0.204. The molecular formula is C16H29N3O2. The maximum absolute atomic E-state index is 12.5. The van der Waals surface area contributed by atoms with Gasteiger partial charge in [-0.25, -0.2) is 0 Å². The highest BCUT2D eigenvalue weighted by Gasteiger charge is 2.26. The first-order valence-corrected chi connectivity index (χ1v) is 8.36. The number of likely N-dealkylation sites (tertiary alicyclic amines) is 1. The molecule has 0 spiro atoms. The molecule has 1 saturated carbocycles. The van der Waals surface area contributed by atoms with Crippen LogP contribution < -0.4 is 5.32 Å². The molecule has 2 rings (SSSR count). The number of likely N-dealkylation sites (N-methyl/N-ethyl adjacent to an activating group) is 1. The van der Waals surface area contributed by atoms with Crippen molar-refractivity contribution in [2.24, 2.45) is 0 Å².